The average molecular weight is 492 g/mol. The van der Waals surface area contributed by atoms with Crippen molar-refractivity contribution in [2.45, 2.75) is 76.8 Å². The molecule has 35 heavy (non-hydrogen) atoms. The van der Waals surface area contributed by atoms with Crippen molar-refractivity contribution in [1.29, 1.82) is 0 Å². The van der Waals surface area contributed by atoms with Gasteiger partial charge in [-0.2, -0.15) is 0 Å². The van der Waals surface area contributed by atoms with Crippen LogP contribution in [0.4, 0.5) is 5.13 Å². The van der Waals surface area contributed by atoms with Gasteiger partial charge in [0.2, 0.25) is 0 Å². The maximum absolute atomic E-state index is 13.0. The van der Waals surface area contributed by atoms with Crippen LogP contribution in [0.5, 0.6) is 0 Å². The van der Waals surface area contributed by atoms with Crippen molar-refractivity contribution in [3.8, 4) is 0 Å². The number of amides is 1. The van der Waals surface area contributed by atoms with Crippen molar-refractivity contribution in [1.82, 2.24) is 20.2 Å². The summed E-state index contributed by atoms with van der Waals surface area (Å²) in [5.74, 6) is 0.781. The monoisotopic (exact) mass is 491 g/mol. The Balaban J connectivity index is 1.11. The molecule has 1 fully saturated rings. The summed E-state index contributed by atoms with van der Waals surface area (Å²) in [5.41, 5.74) is 8.79. The van der Waals surface area contributed by atoms with Crippen LogP contribution in [0.15, 0.2) is 36.5 Å². The molecule has 2 aromatic heterocycles. The largest absolute Gasteiger partial charge is 0.375 e. The first-order valence-corrected chi connectivity index (χ1v) is 14.0. The number of hydrogen-bond donors (Lipinski definition) is 2. The van der Waals surface area contributed by atoms with Crippen molar-refractivity contribution in [2.75, 3.05) is 18.8 Å². The van der Waals surface area contributed by atoms with Gasteiger partial charge in [0.05, 0.1) is 11.2 Å². The molecule has 2 aliphatic rings. The molecule has 2 heterocycles. The zero-order chi connectivity index (χ0) is 24.2. The molecular weight excluding hydrogens is 454 g/mol. The Bertz CT molecular complexity index is 1150. The van der Waals surface area contributed by atoms with Crippen molar-refractivity contribution >= 4 is 33.3 Å². The molecule has 3 aromatic rings. The molecule has 186 valence electrons. The summed E-state index contributed by atoms with van der Waals surface area (Å²) in [7, 11) is 0. The third-order valence-corrected chi connectivity index (χ3v) is 8.80. The Kier molecular flexibility index (Phi) is 7.63. The molecule has 1 amide bonds. The predicted molar refractivity (Wildman–Crippen MR) is 144 cm³/mol. The minimum atomic E-state index is 0.0292. The van der Waals surface area contributed by atoms with E-state index in [0.717, 1.165) is 53.2 Å². The Hall–Kier alpha value is -2.51. The maximum Gasteiger partial charge on any atom is 0.252 e. The number of thiazole rings is 1. The number of aromatic nitrogens is 2. The average Bonchev–Trinajstić information content (AvgIpc) is 3.26. The van der Waals surface area contributed by atoms with Crippen molar-refractivity contribution in [3.05, 3.63) is 52.7 Å². The van der Waals surface area contributed by atoms with Crippen molar-refractivity contribution in [2.24, 2.45) is 5.92 Å². The topological polar surface area (TPSA) is 84.1 Å². The van der Waals surface area contributed by atoms with Crippen LogP contribution in [0, 0.1) is 5.92 Å². The number of fused-ring (bicyclic) bond motifs is 2. The molecule has 2 aliphatic carbocycles. The van der Waals surface area contributed by atoms with Gasteiger partial charge in [-0.3, -0.25) is 9.78 Å². The van der Waals surface area contributed by atoms with Crippen molar-refractivity contribution in [3.63, 3.8) is 0 Å². The van der Waals surface area contributed by atoms with Crippen LogP contribution in [-0.2, 0) is 12.8 Å². The molecule has 1 aromatic carbocycles. The summed E-state index contributed by atoms with van der Waals surface area (Å²) in [6.45, 7) is 4.62. The zero-order valence-electron chi connectivity index (χ0n) is 20.7. The minimum Gasteiger partial charge on any atom is -0.375 e. The van der Waals surface area contributed by atoms with Gasteiger partial charge in [0, 0.05) is 34.1 Å². The lowest BCUT2D eigenvalue weighted by molar-refractivity contribution is 0.0919. The standard InChI is InChI=1S/C28H37N5OS/c1-2-16-33(21-12-13-25-26(18-21)35-28(29)32-25)17-14-19-8-10-20(11-9-19)31-27(34)23-5-3-7-24-22(23)6-4-15-30-24/h3-7,15,19-21H,2,8-14,16-18H2,1H3,(H2,29,32)(H,31,34)/t19?,20?,21-/m0/s1. The van der Waals surface area contributed by atoms with E-state index in [2.05, 4.69) is 27.1 Å². The van der Waals surface area contributed by atoms with E-state index in [4.69, 9.17) is 5.73 Å². The third-order valence-electron chi connectivity index (χ3n) is 7.85. The van der Waals surface area contributed by atoms with Gasteiger partial charge in [-0.1, -0.05) is 19.1 Å². The first-order valence-electron chi connectivity index (χ1n) is 13.2. The van der Waals surface area contributed by atoms with Crippen molar-refractivity contribution < 1.29 is 4.79 Å². The molecule has 3 N–H and O–H groups in total. The number of nitrogens with one attached hydrogen (secondary N) is 1. The SMILES string of the molecule is CCCN(CCC1CCC(NC(=O)c2cccc3ncccc23)CC1)[C@H]1CCc2nc(N)sc2C1. The number of nitrogen functional groups attached to an aromatic ring is 1. The number of nitrogens with zero attached hydrogens (tertiary/aromatic N) is 3. The van der Waals surface area contributed by atoms with E-state index in [1.165, 1.54) is 55.8 Å². The van der Waals surface area contributed by atoms with E-state index in [1.807, 2.05) is 30.3 Å². The summed E-state index contributed by atoms with van der Waals surface area (Å²) in [5, 5.41) is 4.95. The molecule has 0 aliphatic heterocycles. The third kappa shape index (κ3) is 5.67. The van der Waals surface area contributed by atoms with Gasteiger partial charge in [-0.25, -0.2) is 4.98 Å². The molecule has 0 spiro atoms. The lowest BCUT2D eigenvalue weighted by Gasteiger charge is -2.36. The smallest absolute Gasteiger partial charge is 0.252 e. The number of hydrogen-bond acceptors (Lipinski definition) is 6. The van der Waals surface area contributed by atoms with Gasteiger partial charge in [-0.15, -0.1) is 11.3 Å². The first kappa shape index (κ1) is 24.2. The van der Waals surface area contributed by atoms with Gasteiger partial charge in [0.1, 0.15) is 0 Å². The van der Waals surface area contributed by atoms with Crippen LogP contribution in [0.3, 0.4) is 0 Å². The highest BCUT2D eigenvalue weighted by Crippen LogP contribution is 2.32. The molecule has 0 saturated heterocycles. The minimum absolute atomic E-state index is 0.0292. The van der Waals surface area contributed by atoms with Gasteiger partial charge >= 0.3 is 0 Å². The molecule has 7 heteroatoms. The summed E-state index contributed by atoms with van der Waals surface area (Å²) in [4.78, 5) is 26.0. The second kappa shape index (κ2) is 11.0. The zero-order valence-corrected chi connectivity index (χ0v) is 21.5. The molecule has 0 bridgehead atoms. The van der Waals surface area contributed by atoms with Gasteiger partial charge < -0.3 is 16.0 Å². The number of benzene rings is 1. The molecule has 0 unspecified atom stereocenters. The predicted octanol–water partition coefficient (Wildman–Crippen LogP) is 5.22. The maximum atomic E-state index is 13.0. The quantitative estimate of drug-likeness (QED) is 0.451. The van der Waals surface area contributed by atoms with Crippen LogP contribution in [0.2, 0.25) is 0 Å². The summed E-state index contributed by atoms with van der Waals surface area (Å²) in [6.07, 6.45) is 12.1. The van der Waals surface area contributed by atoms with Gasteiger partial charge in [0.25, 0.3) is 5.91 Å². The van der Waals surface area contributed by atoms with Crippen LogP contribution in [0.25, 0.3) is 10.9 Å². The van der Waals surface area contributed by atoms with E-state index in [9.17, 15) is 4.79 Å². The van der Waals surface area contributed by atoms with Crippen LogP contribution < -0.4 is 11.1 Å². The Morgan fingerprint density at radius 2 is 2.00 bits per heavy atom. The van der Waals surface area contributed by atoms with Crippen LogP contribution in [-0.4, -0.2) is 45.9 Å². The highest BCUT2D eigenvalue weighted by molar-refractivity contribution is 7.15. The molecular formula is C28H37N5OS. The normalized spacial score (nSPS) is 22.3. The van der Waals surface area contributed by atoms with Gasteiger partial charge in [-0.05, 0) is 95.0 Å². The molecule has 5 rings (SSSR count). The summed E-state index contributed by atoms with van der Waals surface area (Å²) in [6, 6.07) is 10.5. The van der Waals surface area contributed by atoms with E-state index in [-0.39, 0.29) is 11.9 Å². The van der Waals surface area contributed by atoms with Crippen LogP contribution >= 0.6 is 11.3 Å². The van der Waals surface area contributed by atoms with E-state index < -0.39 is 0 Å². The fourth-order valence-corrected chi connectivity index (χ4v) is 6.91. The molecule has 0 radical (unpaired) electrons. The van der Waals surface area contributed by atoms with E-state index >= 15 is 0 Å². The number of carbonyl (C=O) groups excluding carboxylic acids is 1. The fraction of sp³-hybridized carbons (Fsp3) is 0.536. The second-order valence-corrected chi connectivity index (χ2v) is 11.3. The number of pyridine rings is 1. The Morgan fingerprint density at radius 3 is 2.83 bits per heavy atom. The number of nitrogens with two attached hydrogens (primary N) is 1. The number of carbonyl (C=O) groups is 1. The lowest BCUT2D eigenvalue weighted by Crippen LogP contribution is -2.41. The Morgan fingerprint density at radius 1 is 1.14 bits per heavy atom. The first-order chi connectivity index (χ1) is 17.1. The fourth-order valence-electron chi connectivity index (χ4n) is 5.96. The summed E-state index contributed by atoms with van der Waals surface area (Å²) >= 11 is 1.68. The lowest BCUT2D eigenvalue weighted by atomic mass is 9.83. The van der Waals surface area contributed by atoms with Gasteiger partial charge in [0.15, 0.2) is 5.13 Å². The van der Waals surface area contributed by atoms with E-state index in [0.29, 0.717) is 6.04 Å². The number of anilines is 1. The highest BCUT2D eigenvalue weighted by Gasteiger charge is 2.28. The molecule has 1 saturated carbocycles. The van der Waals surface area contributed by atoms with E-state index in [1.54, 1.807) is 17.5 Å². The molecule has 1 atom stereocenters. The summed E-state index contributed by atoms with van der Waals surface area (Å²) < 4.78 is 0. The number of rotatable bonds is 8. The van der Waals surface area contributed by atoms with Crippen LogP contribution in [0.1, 0.15) is 72.8 Å². The molecule has 6 nitrogen and oxygen atoms in total. The number of aryl methyl sites for hydroxylation is 1. The Labute approximate surface area is 212 Å². The second-order valence-electron chi connectivity index (χ2n) is 10.2. The highest BCUT2D eigenvalue weighted by atomic mass is 32.1.